The predicted octanol–water partition coefficient (Wildman–Crippen LogP) is 14.6. The number of para-hydroxylation sites is 2. The average molecular weight is 751 g/mol. The van der Waals surface area contributed by atoms with Crippen molar-refractivity contribution in [3.05, 3.63) is 241 Å². The highest BCUT2D eigenvalue weighted by Gasteiger charge is 2.64. The Kier molecular flexibility index (Phi) is 6.80. The van der Waals surface area contributed by atoms with Crippen LogP contribution in [0.15, 0.2) is 230 Å². The van der Waals surface area contributed by atoms with E-state index in [9.17, 15) is 0 Å². The normalized spacial score (nSPS) is 19.3. The van der Waals surface area contributed by atoms with E-state index >= 15 is 0 Å². The first kappa shape index (κ1) is 32.6. The molecule has 3 atom stereocenters. The number of rotatable bonds is 6. The monoisotopic (exact) mass is 750 g/mol. The molecule has 4 aliphatic carbocycles. The lowest BCUT2D eigenvalue weighted by Gasteiger charge is -2.64. The minimum Gasteiger partial charge on any atom is -0.310 e. The van der Waals surface area contributed by atoms with E-state index in [0.717, 1.165) is 11.4 Å². The van der Waals surface area contributed by atoms with Crippen molar-refractivity contribution < 1.29 is 0 Å². The van der Waals surface area contributed by atoms with Crippen LogP contribution in [0.25, 0.3) is 60.5 Å². The fraction of sp³-hybridized carbons (Fsp3) is 0.0526. The Hall–Kier alpha value is -7.42. The maximum atomic E-state index is 2.47. The van der Waals surface area contributed by atoms with E-state index in [1.165, 1.54) is 82.9 Å². The summed E-state index contributed by atoms with van der Waals surface area (Å²) in [7, 11) is 0. The summed E-state index contributed by atoms with van der Waals surface area (Å²) in [5.41, 5.74) is 17.8. The molecular weight excluding hydrogens is 713 g/mol. The molecule has 0 bridgehead atoms. The summed E-state index contributed by atoms with van der Waals surface area (Å²) in [5.74, 6) is 0.949. The molecule has 276 valence electrons. The Labute approximate surface area is 343 Å². The van der Waals surface area contributed by atoms with Gasteiger partial charge >= 0.3 is 0 Å². The van der Waals surface area contributed by atoms with Gasteiger partial charge in [0.1, 0.15) is 0 Å². The summed E-state index contributed by atoms with van der Waals surface area (Å²) in [4.78, 5) is 2.47. The van der Waals surface area contributed by atoms with Crippen LogP contribution in [-0.4, -0.2) is 4.57 Å². The molecule has 13 rings (SSSR count). The van der Waals surface area contributed by atoms with Gasteiger partial charge in [0, 0.05) is 45.1 Å². The van der Waals surface area contributed by atoms with Crippen LogP contribution in [0, 0.1) is 11.8 Å². The highest BCUT2D eigenvalue weighted by atomic mass is 15.1. The van der Waals surface area contributed by atoms with Gasteiger partial charge in [0.15, 0.2) is 0 Å². The highest BCUT2D eigenvalue weighted by molar-refractivity contribution is 6.11. The summed E-state index contributed by atoms with van der Waals surface area (Å²) in [6, 6.07) is 67.1. The molecule has 0 aliphatic heterocycles. The van der Waals surface area contributed by atoms with Crippen molar-refractivity contribution in [2.45, 2.75) is 5.41 Å². The van der Waals surface area contributed by atoms with Crippen LogP contribution in [0.4, 0.5) is 17.1 Å². The fourth-order valence-electron chi connectivity index (χ4n) is 11.2. The molecule has 2 heteroatoms. The molecule has 0 radical (unpaired) electrons. The number of hydrogen-bond acceptors (Lipinski definition) is 1. The molecule has 0 amide bonds. The number of anilines is 3. The molecule has 59 heavy (non-hydrogen) atoms. The van der Waals surface area contributed by atoms with Gasteiger partial charge in [-0.3, -0.25) is 0 Å². The maximum Gasteiger partial charge on any atom is 0.0541 e. The topological polar surface area (TPSA) is 8.17 Å². The average Bonchev–Trinajstić information content (AvgIpc) is 3.63. The first-order valence-electron chi connectivity index (χ1n) is 20.8. The van der Waals surface area contributed by atoms with Crippen molar-refractivity contribution in [3.63, 3.8) is 0 Å². The Balaban J connectivity index is 0.967. The maximum absolute atomic E-state index is 2.47. The third-order valence-corrected chi connectivity index (χ3v) is 13.6. The van der Waals surface area contributed by atoms with Crippen LogP contribution in [0.1, 0.15) is 11.1 Å². The van der Waals surface area contributed by atoms with Crippen LogP contribution in [0.5, 0.6) is 0 Å². The molecule has 8 aromatic carbocycles. The van der Waals surface area contributed by atoms with Gasteiger partial charge in [-0.1, -0.05) is 158 Å². The standard InChI is InChI=1S/C57H38N2/c1-3-13-37(14-4-1)38-27-30-43(31-28-38)58(53-34-32-51-56-46(53)22-12-25-50(56)57(51)48-23-10-15-39-16-11-24-49(57)55(39)48)44-20-9-17-40(35-44)41-29-33-54-47(36-41)45-21-7-8-26-52(45)59(54)42-18-5-2-6-19-42/h1-36,48,55H. The minimum absolute atomic E-state index is 0.0385. The van der Waals surface area contributed by atoms with Crippen LogP contribution >= 0.6 is 0 Å². The Morgan fingerprint density at radius 2 is 1.17 bits per heavy atom. The molecule has 1 fully saturated rings. The lowest BCUT2D eigenvalue weighted by Crippen LogP contribution is -2.59. The van der Waals surface area contributed by atoms with Crippen LogP contribution < -0.4 is 4.90 Å². The smallest absolute Gasteiger partial charge is 0.0541 e. The molecule has 1 saturated carbocycles. The number of allylic oxidation sites excluding steroid dienone is 8. The number of aromatic nitrogens is 1. The number of nitrogens with zero attached hydrogens (tertiary/aromatic N) is 2. The van der Waals surface area contributed by atoms with Crippen LogP contribution in [-0.2, 0) is 5.41 Å². The number of benzene rings is 8. The van der Waals surface area contributed by atoms with Crippen LogP contribution in [0.2, 0.25) is 0 Å². The largest absolute Gasteiger partial charge is 0.310 e. The van der Waals surface area contributed by atoms with E-state index in [1.807, 2.05) is 0 Å². The molecule has 1 aromatic heterocycles. The third-order valence-electron chi connectivity index (χ3n) is 13.6. The summed E-state index contributed by atoms with van der Waals surface area (Å²) >= 11 is 0. The molecule has 9 aromatic rings. The summed E-state index contributed by atoms with van der Waals surface area (Å²) in [6.07, 6.45) is 14.0. The Bertz CT molecular complexity index is 3310. The van der Waals surface area contributed by atoms with Gasteiger partial charge in [-0.25, -0.2) is 0 Å². The lowest BCUT2D eigenvalue weighted by molar-refractivity contribution is 0.233. The van der Waals surface area contributed by atoms with Crippen molar-refractivity contribution in [2.75, 3.05) is 4.90 Å². The van der Waals surface area contributed by atoms with Crippen molar-refractivity contribution in [3.8, 4) is 27.9 Å². The van der Waals surface area contributed by atoms with Crippen molar-refractivity contribution >= 4 is 49.6 Å². The van der Waals surface area contributed by atoms with Gasteiger partial charge in [-0.15, -0.1) is 0 Å². The summed E-state index contributed by atoms with van der Waals surface area (Å²) < 4.78 is 2.38. The third kappa shape index (κ3) is 4.46. The molecule has 0 saturated heterocycles. The molecule has 3 unspecified atom stereocenters. The Morgan fingerprint density at radius 1 is 0.475 bits per heavy atom. The van der Waals surface area contributed by atoms with Gasteiger partial charge in [-0.05, 0) is 111 Å². The van der Waals surface area contributed by atoms with E-state index in [-0.39, 0.29) is 5.41 Å². The summed E-state index contributed by atoms with van der Waals surface area (Å²) in [6.45, 7) is 0. The van der Waals surface area contributed by atoms with Gasteiger partial charge in [0.2, 0.25) is 0 Å². The summed E-state index contributed by atoms with van der Waals surface area (Å²) in [5, 5.41) is 5.21. The lowest BCUT2D eigenvalue weighted by atomic mass is 9.38. The number of fused-ring (bicyclic) bond motifs is 7. The molecule has 0 N–H and O–H groups in total. The van der Waals surface area contributed by atoms with E-state index in [2.05, 4.69) is 228 Å². The highest BCUT2D eigenvalue weighted by Crippen LogP contribution is 2.71. The molecular formula is C57H38N2. The zero-order valence-corrected chi connectivity index (χ0v) is 32.3. The van der Waals surface area contributed by atoms with E-state index in [0.29, 0.717) is 11.8 Å². The second-order valence-electron chi connectivity index (χ2n) is 16.4. The number of hydrogen-bond donors (Lipinski definition) is 0. The van der Waals surface area contributed by atoms with E-state index < -0.39 is 0 Å². The molecule has 4 aliphatic rings. The molecule has 1 heterocycles. The predicted molar refractivity (Wildman–Crippen MR) is 246 cm³/mol. The SMILES string of the molecule is C1=CC2=CC=CC3C2C(=C1)C31c2cccc3c(N(c4ccc(-c5ccccc5)cc4)c4cccc(-c5ccc6c(c5)c5ccccc5n6-c5ccccc5)c4)ccc1c23. The van der Waals surface area contributed by atoms with Gasteiger partial charge in [0.05, 0.1) is 22.1 Å². The molecule has 2 nitrogen and oxygen atoms in total. The van der Waals surface area contributed by atoms with Crippen molar-refractivity contribution in [2.24, 2.45) is 11.8 Å². The fourth-order valence-corrected chi connectivity index (χ4v) is 11.2. The van der Waals surface area contributed by atoms with E-state index in [4.69, 9.17) is 0 Å². The molecule has 1 spiro atoms. The Morgan fingerprint density at radius 3 is 2.05 bits per heavy atom. The zero-order chi connectivity index (χ0) is 38.7. The minimum atomic E-state index is -0.0385. The second-order valence-corrected chi connectivity index (χ2v) is 16.4. The first-order valence-corrected chi connectivity index (χ1v) is 20.8. The van der Waals surface area contributed by atoms with Gasteiger partial charge < -0.3 is 9.47 Å². The van der Waals surface area contributed by atoms with Gasteiger partial charge in [0.25, 0.3) is 0 Å². The van der Waals surface area contributed by atoms with Crippen molar-refractivity contribution in [1.82, 2.24) is 4.57 Å². The van der Waals surface area contributed by atoms with E-state index in [1.54, 1.807) is 5.57 Å². The zero-order valence-electron chi connectivity index (χ0n) is 32.3. The first-order chi connectivity index (χ1) is 29.3. The van der Waals surface area contributed by atoms with Gasteiger partial charge in [-0.2, -0.15) is 0 Å². The van der Waals surface area contributed by atoms with Crippen LogP contribution in [0.3, 0.4) is 0 Å². The quantitative estimate of drug-likeness (QED) is 0.164. The second kappa shape index (κ2) is 12.3. The van der Waals surface area contributed by atoms with Crippen molar-refractivity contribution in [1.29, 1.82) is 0 Å².